The number of halogens is 1. The third kappa shape index (κ3) is 6.21. The van der Waals surface area contributed by atoms with Crippen LogP contribution in [0.25, 0.3) is 10.9 Å². The van der Waals surface area contributed by atoms with Crippen molar-refractivity contribution < 1.29 is 9.13 Å². The van der Waals surface area contributed by atoms with Crippen LogP contribution in [0.4, 0.5) is 4.39 Å². The van der Waals surface area contributed by atoms with Gasteiger partial charge in [-0.15, -0.1) is 5.10 Å². The summed E-state index contributed by atoms with van der Waals surface area (Å²) in [6.07, 6.45) is 0.705. The number of aromatic amines is 1. The van der Waals surface area contributed by atoms with E-state index in [1.54, 1.807) is 16.8 Å². The standard InChI is InChI=1S/C30H31FN6O2/c1-3-28(29-33-34-35-37(29)19-21-8-6-5-7-9-21)36(18-22-10-12-25(31)13-11-22)20-24-16-23-17-26(39-4-2)14-15-27(23)32-30(24)38/h5-17,28H,3-4,18-20H2,1-2H3,(H,32,38). The van der Waals surface area contributed by atoms with Gasteiger partial charge >= 0.3 is 0 Å². The fourth-order valence-corrected chi connectivity index (χ4v) is 4.85. The fourth-order valence-electron chi connectivity index (χ4n) is 4.85. The second-order valence-corrected chi connectivity index (χ2v) is 9.44. The lowest BCUT2D eigenvalue weighted by molar-refractivity contribution is 0.161. The predicted molar refractivity (Wildman–Crippen MR) is 148 cm³/mol. The van der Waals surface area contributed by atoms with Crippen LogP contribution in [0.5, 0.6) is 5.75 Å². The van der Waals surface area contributed by atoms with Crippen LogP contribution in [-0.4, -0.2) is 36.7 Å². The number of benzene rings is 3. The van der Waals surface area contributed by atoms with E-state index in [1.807, 2.05) is 61.5 Å². The number of H-pyrrole nitrogens is 1. The Morgan fingerprint density at radius 3 is 2.51 bits per heavy atom. The van der Waals surface area contributed by atoms with Crippen molar-refractivity contribution in [3.63, 3.8) is 0 Å². The summed E-state index contributed by atoms with van der Waals surface area (Å²) in [5.74, 6) is 1.16. The van der Waals surface area contributed by atoms with Gasteiger partial charge in [0, 0.05) is 29.6 Å². The summed E-state index contributed by atoms with van der Waals surface area (Å²) in [5, 5.41) is 13.5. The van der Waals surface area contributed by atoms with Crippen molar-refractivity contribution in [3.8, 4) is 5.75 Å². The second kappa shape index (κ2) is 12.0. The van der Waals surface area contributed by atoms with E-state index in [0.29, 0.717) is 44.0 Å². The summed E-state index contributed by atoms with van der Waals surface area (Å²) in [6.45, 7) is 5.92. The summed E-state index contributed by atoms with van der Waals surface area (Å²) < 4.78 is 21.1. The summed E-state index contributed by atoms with van der Waals surface area (Å²) >= 11 is 0. The lowest BCUT2D eigenvalue weighted by atomic mass is 10.1. The van der Waals surface area contributed by atoms with Gasteiger partial charge in [-0.3, -0.25) is 9.69 Å². The van der Waals surface area contributed by atoms with Gasteiger partial charge in [0.25, 0.3) is 5.56 Å². The van der Waals surface area contributed by atoms with Gasteiger partial charge in [-0.05, 0) is 71.3 Å². The van der Waals surface area contributed by atoms with E-state index in [9.17, 15) is 9.18 Å². The SMILES string of the molecule is CCOc1ccc2[nH]c(=O)c(CN(Cc3ccc(F)cc3)C(CC)c3nnnn3Cc3ccccc3)cc2c1. The van der Waals surface area contributed by atoms with Crippen molar-refractivity contribution in [2.24, 2.45) is 0 Å². The first-order chi connectivity index (χ1) is 19.0. The molecule has 5 rings (SSSR count). The fraction of sp³-hybridized carbons (Fsp3) is 0.267. The highest BCUT2D eigenvalue weighted by atomic mass is 19.1. The largest absolute Gasteiger partial charge is 0.494 e. The predicted octanol–water partition coefficient (Wildman–Crippen LogP) is 5.25. The van der Waals surface area contributed by atoms with Gasteiger partial charge in [-0.2, -0.15) is 0 Å². The van der Waals surface area contributed by atoms with E-state index in [0.717, 1.165) is 27.8 Å². The summed E-state index contributed by atoms with van der Waals surface area (Å²) in [6, 6.07) is 23.8. The van der Waals surface area contributed by atoms with Crippen LogP contribution in [0, 0.1) is 5.82 Å². The van der Waals surface area contributed by atoms with E-state index in [2.05, 4.69) is 32.3 Å². The number of hydrogen-bond donors (Lipinski definition) is 1. The third-order valence-corrected chi connectivity index (χ3v) is 6.74. The van der Waals surface area contributed by atoms with Gasteiger partial charge in [0.15, 0.2) is 5.82 Å². The zero-order valence-corrected chi connectivity index (χ0v) is 22.0. The number of nitrogens with one attached hydrogen (secondary N) is 1. The molecular formula is C30H31FN6O2. The van der Waals surface area contributed by atoms with Gasteiger partial charge in [0.05, 0.1) is 19.2 Å². The van der Waals surface area contributed by atoms with Crippen molar-refractivity contribution in [1.82, 2.24) is 30.1 Å². The molecule has 1 unspecified atom stereocenters. The van der Waals surface area contributed by atoms with Gasteiger partial charge < -0.3 is 9.72 Å². The van der Waals surface area contributed by atoms with Crippen LogP contribution < -0.4 is 10.3 Å². The Labute approximate surface area is 226 Å². The lowest BCUT2D eigenvalue weighted by Crippen LogP contribution is -2.32. The molecule has 0 radical (unpaired) electrons. The average Bonchev–Trinajstić information content (AvgIpc) is 3.39. The third-order valence-electron chi connectivity index (χ3n) is 6.74. The molecule has 0 aliphatic carbocycles. The topological polar surface area (TPSA) is 88.9 Å². The van der Waals surface area contributed by atoms with Gasteiger partial charge in [-0.25, -0.2) is 9.07 Å². The van der Waals surface area contributed by atoms with Crippen LogP contribution in [0.2, 0.25) is 0 Å². The number of ether oxygens (including phenoxy) is 1. The Morgan fingerprint density at radius 2 is 1.77 bits per heavy atom. The molecule has 0 bridgehead atoms. The summed E-state index contributed by atoms with van der Waals surface area (Å²) in [5.41, 5.74) is 3.21. The minimum atomic E-state index is -0.291. The molecule has 0 spiro atoms. The van der Waals surface area contributed by atoms with E-state index >= 15 is 0 Å². The van der Waals surface area contributed by atoms with Crippen molar-refractivity contribution in [1.29, 1.82) is 0 Å². The van der Waals surface area contributed by atoms with Gasteiger partial charge in [0.1, 0.15) is 11.6 Å². The maximum atomic E-state index is 13.7. The Morgan fingerprint density at radius 1 is 0.974 bits per heavy atom. The van der Waals surface area contributed by atoms with Gasteiger partial charge in [0.2, 0.25) is 0 Å². The molecule has 0 saturated heterocycles. The molecule has 0 saturated carbocycles. The molecule has 0 aliphatic rings. The number of fused-ring (bicyclic) bond motifs is 1. The highest BCUT2D eigenvalue weighted by molar-refractivity contribution is 5.80. The second-order valence-electron chi connectivity index (χ2n) is 9.44. The van der Waals surface area contributed by atoms with Crippen molar-refractivity contribution in [3.05, 3.63) is 118 Å². The summed E-state index contributed by atoms with van der Waals surface area (Å²) in [7, 11) is 0. The first-order valence-corrected chi connectivity index (χ1v) is 13.1. The molecule has 0 fully saturated rings. The maximum absolute atomic E-state index is 13.7. The summed E-state index contributed by atoms with van der Waals surface area (Å²) in [4.78, 5) is 18.4. The minimum Gasteiger partial charge on any atom is -0.494 e. The van der Waals surface area contributed by atoms with E-state index in [4.69, 9.17) is 4.74 Å². The first kappa shape index (κ1) is 26.2. The molecule has 1 atom stereocenters. The molecule has 9 heteroatoms. The number of rotatable bonds is 11. The molecule has 2 aromatic heterocycles. The van der Waals surface area contributed by atoms with Crippen molar-refractivity contribution in [2.45, 2.75) is 45.9 Å². The number of hydrogen-bond acceptors (Lipinski definition) is 6. The zero-order valence-electron chi connectivity index (χ0n) is 22.0. The average molecular weight is 527 g/mol. The smallest absolute Gasteiger partial charge is 0.252 e. The minimum absolute atomic E-state index is 0.158. The van der Waals surface area contributed by atoms with E-state index in [-0.39, 0.29) is 17.4 Å². The monoisotopic (exact) mass is 526 g/mol. The molecule has 8 nitrogen and oxygen atoms in total. The van der Waals surface area contributed by atoms with Crippen molar-refractivity contribution in [2.75, 3.05) is 6.61 Å². The zero-order chi connectivity index (χ0) is 27.2. The number of aromatic nitrogens is 5. The Balaban J connectivity index is 1.52. The van der Waals surface area contributed by atoms with Crippen LogP contribution >= 0.6 is 0 Å². The number of nitrogens with zero attached hydrogens (tertiary/aromatic N) is 5. The molecule has 200 valence electrons. The molecular weight excluding hydrogens is 495 g/mol. The molecule has 0 aliphatic heterocycles. The van der Waals surface area contributed by atoms with E-state index in [1.165, 1.54) is 12.1 Å². The number of pyridine rings is 1. The Kier molecular flexibility index (Phi) is 8.07. The molecule has 0 amide bonds. The van der Waals surface area contributed by atoms with Crippen LogP contribution in [0.1, 0.15) is 48.8 Å². The first-order valence-electron chi connectivity index (χ1n) is 13.1. The van der Waals surface area contributed by atoms with Crippen LogP contribution in [-0.2, 0) is 19.6 Å². The quantitative estimate of drug-likeness (QED) is 0.253. The highest BCUT2D eigenvalue weighted by Gasteiger charge is 2.26. The van der Waals surface area contributed by atoms with E-state index < -0.39 is 0 Å². The molecule has 5 aromatic rings. The van der Waals surface area contributed by atoms with Gasteiger partial charge in [-0.1, -0.05) is 49.4 Å². The Bertz CT molecular complexity index is 1580. The van der Waals surface area contributed by atoms with Crippen LogP contribution in [0.15, 0.2) is 83.7 Å². The molecule has 3 aromatic carbocycles. The molecule has 39 heavy (non-hydrogen) atoms. The maximum Gasteiger partial charge on any atom is 0.252 e. The number of tetrazole rings is 1. The normalized spacial score (nSPS) is 12.2. The Hall–Kier alpha value is -4.37. The van der Waals surface area contributed by atoms with Crippen molar-refractivity contribution >= 4 is 10.9 Å². The van der Waals surface area contributed by atoms with Crippen LogP contribution in [0.3, 0.4) is 0 Å². The highest BCUT2D eigenvalue weighted by Crippen LogP contribution is 2.27. The molecule has 2 heterocycles. The lowest BCUT2D eigenvalue weighted by Gasteiger charge is -2.30. The molecule has 1 N–H and O–H groups in total.